The predicted octanol–water partition coefficient (Wildman–Crippen LogP) is -0.0238. The summed E-state index contributed by atoms with van der Waals surface area (Å²) in [5, 5.41) is 0.512. The van der Waals surface area contributed by atoms with Crippen molar-refractivity contribution in [3.63, 3.8) is 0 Å². The monoisotopic (exact) mass is 356 g/mol. The van der Waals surface area contributed by atoms with Gasteiger partial charge in [0.15, 0.2) is 6.61 Å². The Labute approximate surface area is 147 Å². The highest BCUT2D eigenvalue weighted by atomic mass is 16.6. The molecule has 0 saturated carbocycles. The molecule has 4 rings (SSSR count). The fourth-order valence-electron chi connectivity index (χ4n) is 3.18. The second-order valence-corrected chi connectivity index (χ2v) is 6.28. The summed E-state index contributed by atoms with van der Waals surface area (Å²) in [7, 11) is 0. The Morgan fingerprint density at radius 2 is 1.96 bits per heavy atom. The number of hydrogen-bond acceptors (Lipinski definition) is 6. The van der Waals surface area contributed by atoms with E-state index in [1.165, 1.54) is 10.9 Å². The van der Waals surface area contributed by atoms with Gasteiger partial charge in [-0.3, -0.25) is 19.0 Å². The molecule has 0 radical (unpaired) electrons. The van der Waals surface area contributed by atoms with Gasteiger partial charge in [-0.2, -0.15) is 0 Å². The predicted molar refractivity (Wildman–Crippen MR) is 89.2 cm³/mol. The van der Waals surface area contributed by atoms with Crippen LogP contribution in [0.1, 0.15) is 6.42 Å². The molecule has 2 aliphatic rings. The van der Waals surface area contributed by atoms with Crippen molar-refractivity contribution in [2.75, 3.05) is 19.7 Å². The van der Waals surface area contributed by atoms with Gasteiger partial charge in [-0.15, -0.1) is 0 Å². The van der Waals surface area contributed by atoms with Crippen LogP contribution in [0.5, 0.6) is 0 Å². The molecule has 9 heteroatoms. The standard InChI is InChI=1S/C17H16N4O5/c22-14(20-7-11(8-20)21-15(23)9-26-17(21)25)5-6-19-10-18-13-4-2-1-3-12(13)16(19)24/h1-4,10-11H,5-9H2. The highest BCUT2D eigenvalue weighted by Crippen LogP contribution is 2.20. The molecule has 0 unspecified atom stereocenters. The second-order valence-electron chi connectivity index (χ2n) is 6.28. The van der Waals surface area contributed by atoms with E-state index in [-0.39, 0.29) is 43.0 Å². The molecule has 3 amide bonds. The lowest BCUT2D eigenvalue weighted by Crippen LogP contribution is -2.62. The molecular formula is C17H16N4O5. The summed E-state index contributed by atoms with van der Waals surface area (Å²) in [6.45, 7) is 0.581. The van der Waals surface area contributed by atoms with Gasteiger partial charge < -0.3 is 9.64 Å². The van der Waals surface area contributed by atoms with E-state index in [1.807, 2.05) is 6.07 Å². The Bertz CT molecular complexity index is 947. The Kier molecular flexibility index (Phi) is 3.90. The molecule has 2 saturated heterocycles. The third-order valence-corrected chi connectivity index (χ3v) is 4.66. The lowest BCUT2D eigenvalue weighted by molar-refractivity contribution is -0.142. The van der Waals surface area contributed by atoms with E-state index < -0.39 is 6.09 Å². The van der Waals surface area contributed by atoms with Crippen LogP contribution in [0.4, 0.5) is 4.79 Å². The lowest BCUT2D eigenvalue weighted by atomic mass is 10.1. The second kappa shape index (κ2) is 6.25. The minimum atomic E-state index is -0.652. The maximum absolute atomic E-state index is 12.4. The molecule has 2 fully saturated rings. The zero-order valence-corrected chi connectivity index (χ0v) is 13.8. The summed E-state index contributed by atoms with van der Waals surface area (Å²) < 4.78 is 6.09. The van der Waals surface area contributed by atoms with Crippen LogP contribution < -0.4 is 5.56 Å². The van der Waals surface area contributed by atoms with Gasteiger partial charge in [0.1, 0.15) is 0 Å². The van der Waals surface area contributed by atoms with E-state index in [1.54, 1.807) is 23.1 Å². The van der Waals surface area contributed by atoms with Crippen molar-refractivity contribution in [1.82, 2.24) is 19.4 Å². The van der Waals surface area contributed by atoms with Crippen LogP contribution >= 0.6 is 0 Å². The van der Waals surface area contributed by atoms with Crippen molar-refractivity contribution in [3.8, 4) is 0 Å². The summed E-state index contributed by atoms with van der Waals surface area (Å²) in [5.74, 6) is -0.512. The van der Waals surface area contributed by atoms with Crippen LogP contribution in [0.2, 0.25) is 0 Å². The SMILES string of the molecule is O=C(CCn1cnc2ccccc2c1=O)N1CC(N2C(=O)COC2=O)C1. The quantitative estimate of drug-likeness (QED) is 0.763. The molecule has 134 valence electrons. The third-order valence-electron chi connectivity index (χ3n) is 4.66. The summed E-state index contributed by atoms with van der Waals surface area (Å²) in [6.07, 6.45) is 0.932. The number of benzene rings is 1. The number of rotatable bonds is 4. The molecule has 0 aliphatic carbocycles. The van der Waals surface area contributed by atoms with E-state index in [0.29, 0.717) is 24.0 Å². The van der Waals surface area contributed by atoms with E-state index in [9.17, 15) is 19.2 Å². The van der Waals surface area contributed by atoms with Gasteiger partial charge in [0.05, 0.1) is 23.3 Å². The number of hydrogen-bond donors (Lipinski definition) is 0. The summed E-state index contributed by atoms with van der Waals surface area (Å²) >= 11 is 0. The van der Waals surface area contributed by atoms with Crippen LogP contribution in [0.15, 0.2) is 35.4 Å². The molecule has 1 aromatic heterocycles. The van der Waals surface area contributed by atoms with Crippen LogP contribution in [-0.2, 0) is 20.9 Å². The Hall–Kier alpha value is -3.23. The highest BCUT2D eigenvalue weighted by Gasteiger charge is 2.44. The van der Waals surface area contributed by atoms with Gasteiger partial charge >= 0.3 is 6.09 Å². The first-order valence-electron chi connectivity index (χ1n) is 8.25. The molecular weight excluding hydrogens is 340 g/mol. The number of aryl methyl sites for hydroxylation is 1. The van der Waals surface area contributed by atoms with E-state index in [4.69, 9.17) is 0 Å². The number of carbonyl (C=O) groups excluding carboxylic acids is 3. The normalized spacial score (nSPS) is 17.5. The first kappa shape index (κ1) is 16.2. The van der Waals surface area contributed by atoms with E-state index in [0.717, 1.165) is 4.90 Å². The van der Waals surface area contributed by atoms with Crippen molar-refractivity contribution in [2.45, 2.75) is 19.0 Å². The van der Waals surface area contributed by atoms with E-state index >= 15 is 0 Å². The average molecular weight is 356 g/mol. The number of amides is 3. The molecule has 3 heterocycles. The van der Waals surface area contributed by atoms with Gasteiger partial charge in [-0.1, -0.05) is 12.1 Å². The maximum Gasteiger partial charge on any atom is 0.417 e. The number of likely N-dealkylation sites (tertiary alicyclic amines) is 1. The molecule has 2 aliphatic heterocycles. The summed E-state index contributed by atoms with van der Waals surface area (Å²) in [6, 6.07) is 6.72. The Morgan fingerprint density at radius 3 is 2.69 bits per heavy atom. The molecule has 1 aromatic carbocycles. The number of cyclic esters (lactones) is 1. The first-order chi connectivity index (χ1) is 12.5. The van der Waals surface area contributed by atoms with Gasteiger partial charge in [-0.05, 0) is 12.1 Å². The number of fused-ring (bicyclic) bond motifs is 1. The number of aromatic nitrogens is 2. The van der Waals surface area contributed by atoms with Crippen LogP contribution in [0.3, 0.4) is 0 Å². The van der Waals surface area contributed by atoms with Crippen molar-refractivity contribution in [1.29, 1.82) is 0 Å². The third kappa shape index (κ3) is 2.71. The number of nitrogens with zero attached hydrogens (tertiary/aromatic N) is 4. The first-order valence-corrected chi connectivity index (χ1v) is 8.25. The van der Waals surface area contributed by atoms with Gasteiger partial charge in [0.2, 0.25) is 5.91 Å². The van der Waals surface area contributed by atoms with Crippen molar-refractivity contribution < 1.29 is 19.1 Å². The molecule has 0 atom stereocenters. The lowest BCUT2D eigenvalue weighted by Gasteiger charge is -2.42. The smallest absolute Gasteiger partial charge is 0.417 e. The zero-order valence-electron chi connectivity index (χ0n) is 13.8. The average Bonchev–Trinajstić information content (AvgIpc) is 2.93. The van der Waals surface area contributed by atoms with Gasteiger partial charge in [0.25, 0.3) is 11.5 Å². The van der Waals surface area contributed by atoms with Crippen LogP contribution in [0, 0.1) is 0 Å². The molecule has 0 spiro atoms. The minimum absolute atomic E-state index is 0.138. The summed E-state index contributed by atoms with van der Waals surface area (Å²) in [5.41, 5.74) is 0.433. The zero-order chi connectivity index (χ0) is 18.3. The number of imide groups is 1. The van der Waals surface area contributed by atoms with Crippen LogP contribution in [-0.4, -0.2) is 63.0 Å². The Balaban J connectivity index is 1.35. The molecule has 0 bridgehead atoms. The van der Waals surface area contributed by atoms with Crippen molar-refractivity contribution in [3.05, 3.63) is 40.9 Å². The number of para-hydroxylation sites is 1. The number of ether oxygens (including phenoxy) is 1. The maximum atomic E-state index is 12.4. The highest BCUT2D eigenvalue weighted by molar-refractivity contribution is 5.98. The topological polar surface area (TPSA) is 102 Å². The van der Waals surface area contributed by atoms with E-state index in [2.05, 4.69) is 9.72 Å². The van der Waals surface area contributed by atoms with Gasteiger partial charge in [0, 0.05) is 26.1 Å². The minimum Gasteiger partial charge on any atom is -0.439 e. The van der Waals surface area contributed by atoms with Crippen LogP contribution in [0.25, 0.3) is 10.9 Å². The molecule has 26 heavy (non-hydrogen) atoms. The van der Waals surface area contributed by atoms with Crippen molar-refractivity contribution >= 4 is 28.8 Å². The number of carbonyl (C=O) groups is 3. The molecule has 2 aromatic rings. The summed E-state index contributed by atoms with van der Waals surface area (Å²) in [4.78, 5) is 54.6. The fraction of sp³-hybridized carbons (Fsp3) is 0.353. The largest absolute Gasteiger partial charge is 0.439 e. The van der Waals surface area contributed by atoms with Gasteiger partial charge in [-0.25, -0.2) is 14.7 Å². The van der Waals surface area contributed by atoms with Crippen molar-refractivity contribution in [2.24, 2.45) is 0 Å². The molecule has 9 nitrogen and oxygen atoms in total. The fourth-order valence-corrected chi connectivity index (χ4v) is 3.18. The Morgan fingerprint density at radius 1 is 1.19 bits per heavy atom. The molecule has 0 N–H and O–H groups in total.